The Hall–Kier alpha value is -3.41. The van der Waals surface area contributed by atoms with E-state index in [1.54, 1.807) is 0 Å². The molecular formula is H2O86S. The summed E-state index contributed by atoms with van der Waals surface area (Å²) in [6, 6.07) is 0. The Bertz CT molecular complexity index is 1170. The van der Waals surface area contributed by atoms with Crippen molar-refractivity contribution >= 4 is 10.4 Å². The van der Waals surface area contributed by atoms with Crippen LogP contribution in [0.15, 0.2) is 0 Å². The van der Waals surface area contributed by atoms with Gasteiger partial charge in [0.1, 0.15) is 0 Å². The molecular weight excluding hydrogens is 1410 g/mol. The molecule has 0 saturated carbocycles. The molecule has 524 valence electrons. The van der Waals surface area contributed by atoms with Crippen LogP contribution in [0.5, 0.6) is 0 Å². The maximum Gasteiger partial charge on any atom is 0.457 e. The van der Waals surface area contributed by atoms with Crippen LogP contribution in [0, 0.1) is 0 Å². The van der Waals surface area contributed by atoms with Crippen molar-refractivity contribution < 1.29 is 431 Å². The Balaban J connectivity index is 3.20. The first kappa shape index (κ1) is 83.6. The van der Waals surface area contributed by atoms with E-state index in [1.165, 1.54) is 0 Å². The summed E-state index contributed by atoms with van der Waals surface area (Å²) in [5.41, 5.74) is 0. The Morgan fingerprint density at radius 1 is 0.115 bits per heavy atom. The Morgan fingerprint density at radius 2 is 0.184 bits per heavy atom. The zero-order valence-corrected chi connectivity index (χ0v) is 36.4. The van der Waals surface area contributed by atoms with E-state index in [-0.39, 0.29) is 0 Å². The third kappa shape index (κ3) is 78.6. The second-order valence-corrected chi connectivity index (χ2v) is 7.09. The normalized spacial score (nSPS) is 12.0. The van der Waals surface area contributed by atoms with E-state index in [9.17, 15) is 8.42 Å². The van der Waals surface area contributed by atoms with Gasteiger partial charge < -0.3 is 0 Å². The van der Waals surface area contributed by atoms with Crippen LogP contribution in [-0.2, 0) is 422 Å². The van der Waals surface area contributed by atoms with Crippen molar-refractivity contribution in [3.63, 3.8) is 0 Å². The van der Waals surface area contributed by atoms with E-state index in [4.69, 9.17) is 10.5 Å². The maximum atomic E-state index is 11.1. The van der Waals surface area contributed by atoms with Crippen LogP contribution in [0.4, 0.5) is 0 Å². The van der Waals surface area contributed by atoms with Crippen LogP contribution in [0.1, 0.15) is 0 Å². The molecule has 0 aromatic rings. The van der Waals surface area contributed by atoms with Gasteiger partial charge >= 0.3 is 10.4 Å². The SMILES string of the molecule is O=S(=O)(OOOOOOOOOOOOOOOOOOOOOOOOOOOOOOOOOOOOOOOOOO)OOOOOOOOOOOOOOOOOOOOOOOOOOOOOOOOOOOOOOOOOO. The average Bonchev–Trinajstić information content (AvgIpc) is 3.54. The summed E-state index contributed by atoms with van der Waals surface area (Å²) in [5.74, 6) is 0. The lowest BCUT2D eigenvalue weighted by Gasteiger charge is -2.01. The number of rotatable bonds is 82. The lowest BCUT2D eigenvalue weighted by Crippen LogP contribution is -2.13. The Labute approximate surface area is 443 Å². The van der Waals surface area contributed by atoms with E-state index in [1.807, 2.05) is 0 Å². The topological polar surface area (TPSA) is 831 Å². The van der Waals surface area contributed by atoms with E-state index in [0.717, 1.165) is 0 Å². The monoisotopic (exact) mass is 1410 g/mol. The molecule has 87 heteroatoms. The molecule has 0 rings (SSSR count). The summed E-state index contributed by atoms with van der Waals surface area (Å²) in [6.07, 6.45) is 0. The van der Waals surface area contributed by atoms with Gasteiger partial charge in [-0.2, -0.15) is 8.42 Å². The lowest BCUT2D eigenvalue weighted by atomic mass is 14.0. The maximum absolute atomic E-state index is 11.1. The first-order valence-electron chi connectivity index (χ1n) is 14.4. The van der Waals surface area contributed by atoms with Gasteiger partial charge in [0, 0.05) is 242 Å². The van der Waals surface area contributed by atoms with E-state index in [2.05, 4.69) is 412 Å². The van der Waals surface area contributed by atoms with E-state index < -0.39 is 10.4 Å². The second-order valence-electron chi connectivity index (χ2n) is 6.00. The first-order chi connectivity index (χ1) is 43.1. The van der Waals surface area contributed by atoms with Crippen molar-refractivity contribution in [3.05, 3.63) is 0 Å². The summed E-state index contributed by atoms with van der Waals surface area (Å²) in [7, 11) is -5.34. The molecule has 0 radical (unpaired) electrons. The molecule has 0 aliphatic rings. The zero-order valence-electron chi connectivity index (χ0n) is 35.6. The number of hydrogen-bond acceptors (Lipinski definition) is 86. The molecule has 0 fully saturated rings. The number of hydrogen-bond donors (Lipinski definition) is 2. The van der Waals surface area contributed by atoms with Gasteiger partial charge in [-0.15, -0.1) is 0 Å². The van der Waals surface area contributed by atoms with E-state index >= 15 is 0 Å². The van der Waals surface area contributed by atoms with Crippen molar-refractivity contribution in [1.29, 1.82) is 0 Å². The van der Waals surface area contributed by atoms with E-state index in [0.29, 0.717) is 0 Å². The van der Waals surface area contributed by atoms with Crippen molar-refractivity contribution in [1.82, 2.24) is 0 Å². The van der Waals surface area contributed by atoms with Crippen molar-refractivity contribution in [2.24, 2.45) is 0 Å². The van der Waals surface area contributed by atoms with Crippen molar-refractivity contribution in [2.45, 2.75) is 0 Å². The van der Waals surface area contributed by atoms with Crippen molar-refractivity contribution in [2.75, 3.05) is 0 Å². The Kier molecular flexibility index (Phi) is 73.8. The molecule has 0 unspecified atom stereocenters. The third-order valence-electron chi connectivity index (χ3n) is 2.39. The summed E-state index contributed by atoms with van der Waals surface area (Å²) >= 11 is 0. The molecule has 86 nitrogen and oxygen atoms in total. The van der Waals surface area contributed by atoms with Gasteiger partial charge in [-0.3, -0.25) is 0 Å². The minimum atomic E-state index is -5.34. The highest BCUT2D eigenvalue weighted by atomic mass is 32.3. The first-order valence-corrected chi connectivity index (χ1v) is 15.7. The average molecular weight is 1410 g/mol. The summed E-state index contributed by atoms with van der Waals surface area (Å²) in [5, 5.41) is 290. The fraction of sp³-hybridized carbons (Fsp3) is 0. The van der Waals surface area contributed by atoms with Gasteiger partial charge in [0.05, 0.1) is 0 Å². The quantitative estimate of drug-likeness (QED) is 0.0325. The van der Waals surface area contributed by atoms with Crippen LogP contribution in [-0.4, -0.2) is 18.9 Å². The van der Waals surface area contributed by atoms with Gasteiger partial charge in [-0.05, 0) is 170 Å². The molecule has 87 heavy (non-hydrogen) atoms. The molecule has 2 N–H and O–H groups in total. The highest BCUT2D eigenvalue weighted by Crippen LogP contribution is 2.03. The fourth-order valence-corrected chi connectivity index (χ4v) is 1.17. The summed E-state index contributed by atoms with van der Waals surface area (Å²) in [4.78, 5) is 0. The van der Waals surface area contributed by atoms with Crippen LogP contribution >= 0.6 is 0 Å². The predicted octanol–water partition coefficient (Wildman–Crippen LogP) is -6.26. The van der Waals surface area contributed by atoms with Gasteiger partial charge in [0.15, 0.2) is 0 Å². The second kappa shape index (κ2) is 76.8. The predicted molar refractivity (Wildman–Crippen MR) is 103 cm³/mol. The summed E-state index contributed by atoms with van der Waals surface area (Å²) < 4.78 is 29.0. The zero-order chi connectivity index (χ0) is 62.5. The third-order valence-corrected chi connectivity index (χ3v) is 2.84. The standard InChI is InChI=1S/H2O86S/c1-5-7-9-11-13-15-17-19-21-23-25-27-29-31-33-35-37-39-41-43-45-47-49-51-53-55-57-59-61-63-65-67-69-71-73-75-77-79-81-83-85-87(3,4)86-84-82-80-78-76-74-72-70-68-66-64-62-60-58-56-54-52-50-48-46-44-42-40-38-36-34-32-30-28-26-24-22-20-18-16-14-12-10-8-6-2/h1-2H. The minimum Gasteiger partial charge on any atom is -0.219 e. The molecule has 0 heterocycles. The van der Waals surface area contributed by atoms with Gasteiger partial charge in [-0.1, -0.05) is 0 Å². The fourth-order valence-electron chi connectivity index (χ4n) is 0.966. The molecule has 0 spiro atoms. The van der Waals surface area contributed by atoms with Crippen LogP contribution in [0.3, 0.4) is 0 Å². The van der Waals surface area contributed by atoms with Gasteiger partial charge in [-0.25, -0.2) is 10.5 Å². The highest BCUT2D eigenvalue weighted by molar-refractivity contribution is 7.81. The van der Waals surface area contributed by atoms with Crippen LogP contribution in [0.25, 0.3) is 0 Å². The van der Waals surface area contributed by atoms with Crippen LogP contribution < -0.4 is 0 Å². The lowest BCUT2D eigenvalue weighted by molar-refractivity contribution is -0.909. The van der Waals surface area contributed by atoms with Gasteiger partial charge in [0.2, 0.25) is 0 Å². The molecule has 0 amide bonds. The Morgan fingerprint density at radius 3 is 0.264 bits per heavy atom. The highest BCUT2D eigenvalue weighted by Gasteiger charge is 2.18. The smallest absolute Gasteiger partial charge is 0.219 e. The van der Waals surface area contributed by atoms with Gasteiger partial charge in [0.25, 0.3) is 0 Å². The van der Waals surface area contributed by atoms with Crippen LogP contribution in [0.2, 0.25) is 0 Å². The molecule has 0 atom stereocenters. The molecule has 0 aliphatic heterocycles. The molecule has 0 aromatic heterocycles. The molecule has 0 aliphatic carbocycles. The largest absolute Gasteiger partial charge is 0.457 e. The van der Waals surface area contributed by atoms with Crippen molar-refractivity contribution in [3.8, 4) is 0 Å². The molecule has 0 bridgehead atoms. The molecule has 0 aromatic carbocycles. The minimum absolute atomic E-state index is 2.87. The summed E-state index contributed by atoms with van der Waals surface area (Å²) in [6.45, 7) is 0. The molecule has 0 saturated heterocycles.